The predicted molar refractivity (Wildman–Crippen MR) is 79.0 cm³/mol. The summed E-state index contributed by atoms with van der Waals surface area (Å²) < 4.78 is 0. The van der Waals surface area contributed by atoms with Gasteiger partial charge in [-0.3, -0.25) is 0 Å². The van der Waals surface area contributed by atoms with Crippen molar-refractivity contribution in [3.8, 4) is 28.7 Å². The summed E-state index contributed by atoms with van der Waals surface area (Å²) in [5.41, 5.74) is 3.24. The third kappa shape index (κ3) is 3.87. The van der Waals surface area contributed by atoms with E-state index in [9.17, 15) is 5.11 Å². The van der Waals surface area contributed by atoms with Crippen molar-refractivity contribution in [1.29, 1.82) is 0 Å². The lowest BCUT2D eigenvalue weighted by Gasteiger charge is -2.01. The van der Waals surface area contributed by atoms with Gasteiger partial charge in [-0.05, 0) is 42.4 Å². The Bertz CT molecular complexity index is 573. The molecule has 0 bridgehead atoms. The Hall–Kier alpha value is -2.24. The van der Waals surface area contributed by atoms with Crippen LogP contribution >= 0.6 is 0 Å². The summed E-state index contributed by atoms with van der Waals surface area (Å²) in [6.07, 6.45) is 0.857. The number of phenols is 1. The lowest BCUT2D eigenvalue weighted by Crippen LogP contribution is -2.05. The Morgan fingerprint density at radius 1 is 0.947 bits per heavy atom. The second-order valence-corrected chi connectivity index (χ2v) is 4.28. The molecule has 0 saturated heterocycles. The summed E-state index contributed by atoms with van der Waals surface area (Å²) in [5.74, 6) is 6.55. The molecule has 2 aromatic carbocycles. The van der Waals surface area contributed by atoms with E-state index < -0.39 is 0 Å². The number of hydrogen-bond donors (Lipinski definition) is 2. The summed E-state index contributed by atoms with van der Waals surface area (Å²) >= 11 is 0. The van der Waals surface area contributed by atoms with Crippen molar-refractivity contribution in [3.05, 3.63) is 54.1 Å². The number of hydrogen-bond acceptors (Lipinski definition) is 2. The zero-order chi connectivity index (χ0) is 13.5. The van der Waals surface area contributed by atoms with Crippen LogP contribution in [-0.4, -0.2) is 18.7 Å². The lowest BCUT2D eigenvalue weighted by atomic mass is 10.0. The fraction of sp³-hybridized carbons (Fsp3) is 0.176. The zero-order valence-electron chi connectivity index (χ0n) is 11.0. The van der Waals surface area contributed by atoms with Gasteiger partial charge in [0.25, 0.3) is 0 Å². The standard InChI is InChI=1S/C17H17NO/c1-18-13-3-2-4-14-5-7-15(8-6-14)16-9-11-17(19)12-10-16/h5-12,18-19H,3,13H2,1H3. The highest BCUT2D eigenvalue weighted by Crippen LogP contribution is 2.21. The number of aromatic hydroxyl groups is 1. The molecular formula is C17H17NO. The Labute approximate surface area is 114 Å². The molecule has 0 aromatic heterocycles. The van der Waals surface area contributed by atoms with E-state index in [-0.39, 0.29) is 5.75 Å². The van der Waals surface area contributed by atoms with E-state index in [2.05, 4.69) is 29.3 Å². The molecule has 2 rings (SSSR count). The second-order valence-electron chi connectivity index (χ2n) is 4.28. The molecular weight excluding hydrogens is 234 g/mol. The first kappa shape index (κ1) is 13.2. The number of benzene rings is 2. The molecule has 0 atom stereocenters. The lowest BCUT2D eigenvalue weighted by molar-refractivity contribution is 0.475. The van der Waals surface area contributed by atoms with Gasteiger partial charge in [-0.2, -0.15) is 0 Å². The molecule has 2 heteroatoms. The van der Waals surface area contributed by atoms with Crippen LogP contribution in [0.1, 0.15) is 12.0 Å². The maximum atomic E-state index is 9.27. The Kier molecular flexibility index (Phi) is 4.60. The van der Waals surface area contributed by atoms with Crippen LogP contribution in [0.3, 0.4) is 0 Å². The zero-order valence-corrected chi connectivity index (χ0v) is 11.0. The minimum atomic E-state index is 0.288. The van der Waals surface area contributed by atoms with Gasteiger partial charge in [-0.25, -0.2) is 0 Å². The van der Waals surface area contributed by atoms with E-state index in [1.54, 1.807) is 12.1 Å². The minimum absolute atomic E-state index is 0.288. The van der Waals surface area contributed by atoms with E-state index in [1.807, 2.05) is 31.3 Å². The summed E-state index contributed by atoms with van der Waals surface area (Å²) in [4.78, 5) is 0. The van der Waals surface area contributed by atoms with Crippen LogP contribution in [0.25, 0.3) is 11.1 Å². The van der Waals surface area contributed by atoms with Crippen LogP contribution < -0.4 is 5.32 Å². The molecule has 0 unspecified atom stereocenters. The smallest absolute Gasteiger partial charge is 0.115 e. The van der Waals surface area contributed by atoms with Gasteiger partial charge in [-0.1, -0.05) is 36.1 Å². The van der Waals surface area contributed by atoms with Crippen LogP contribution in [0.5, 0.6) is 5.75 Å². The largest absolute Gasteiger partial charge is 0.508 e. The van der Waals surface area contributed by atoms with Gasteiger partial charge < -0.3 is 10.4 Å². The monoisotopic (exact) mass is 251 g/mol. The van der Waals surface area contributed by atoms with Crippen molar-refractivity contribution in [3.63, 3.8) is 0 Å². The number of nitrogens with one attached hydrogen (secondary N) is 1. The van der Waals surface area contributed by atoms with Gasteiger partial charge in [0.1, 0.15) is 5.75 Å². The van der Waals surface area contributed by atoms with Crippen molar-refractivity contribution in [2.45, 2.75) is 6.42 Å². The van der Waals surface area contributed by atoms with Gasteiger partial charge in [0.2, 0.25) is 0 Å². The van der Waals surface area contributed by atoms with E-state index in [1.165, 1.54) is 0 Å². The van der Waals surface area contributed by atoms with E-state index >= 15 is 0 Å². The van der Waals surface area contributed by atoms with Gasteiger partial charge in [0.05, 0.1) is 0 Å². The van der Waals surface area contributed by atoms with Gasteiger partial charge in [-0.15, -0.1) is 0 Å². The summed E-state index contributed by atoms with van der Waals surface area (Å²) in [6, 6.07) is 15.3. The number of phenolic OH excluding ortho intramolecular Hbond substituents is 1. The third-order valence-corrected chi connectivity index (χ3v) is 2.82. The molecule has 2 aromatic rings. The molecule has 0 spiro atoms. The van der Waals surface area contributed by atoms with Gasteiger partial charge in [0, 0.05) is 18.5 Å². The Balaban J connectivity index is 2.09. The first-order valence-electron chi connectivity index (χ1n) is 6.32. The summed E-state index contributed by atoms with van der Waals surface area (Å²) in [5, 5.41) is 12.3. The molecule has 19 heavy (non-hydrogen) atoms. The van der Waals surface area contributed by atoms with Crippen LogP contribution in [0.2, 0.25) is 0 Å². The van der Waals surface area contributed by atoms with Crippen molar-refractivity contribution in [2.75, 3.05) is 13.6 Å². The summed E-state index contributed by atoms with van der Waals surface area (Å²) in [7, 11) is 1.92. The van der Waals surface area contributed by atoms with Gasteiger partial charge in [0.15, 0.2) is 0 Å². The molecule has 2 nitrogen and oxygen atoms in total. The SMILES string of the molecule is CNCCC#Cc1ccc(-c2ccc(O)cc2)cc1. The van der Waals surface area contributed by atoms with E-state index in [0.29, 0.717) is 0 Å². The molecule has 0 aliphatic heterocycles. The molecule has 0 aliphatic carbocycles. The molecule has 0 radical (unpaired) electrons. The average molecular weight is 251 g/mol. The molecule has 2 N–H and O–H groups in total. The normalized spacial score (nSPS) is 9.74. The highest BCUT2D eigenvalue weighted by molar-refractivity contribution is 5.65. The fourth-order valence-electron chi connectivity index (χ4n) is 1.75. The highest BCUT2D eigenvalue weighted by atomic mass is 16.3. The van der Waals surface area contributed by atoms with Crippen molar-refractivity contribution in [2.24, 2.45) is 0 Å². The quantitative estimate of drug-likeness (QED) is 0.649. The van der Waals surface area contributed by atoms with E-state index in [0.717, 1.165) is 29.7 Å². The maximum absolute atomic E-state index is 9.27. The average Bonchev–Trinajstić information content (AvgIpc) is 2.45. The van der Waals surface area contributed by atoms with Crippen LogP contribution in [0.4, 0.5) is 0 Å². The highest BCUT2D eigenvalue weighted by Gasteiger charge is 1.97. The topological polar surface area (TPSA) is 32.3 Å². The Morgan fingerprint density at radius 3 is 2.11 bits per heavy atom. The van der Waals surface area contributed by atoms with Gasteiger partial charge >= 0.3 is 0 Å². The molecule has 0 fully saturated rings. The predicted octanol–water partition coefficient (Wildman–Crippen LogP) is 3.02. The minimum Gasteiger partial charge on any atom is -0.508 e. The van der Waals surface area contributed by atoms with Crippen molar-refractivity contribution >= 4 is 0 Å². The molecule has 0 heterocycles. The van der Waals surface area contributed by atoms with Crippen LogP contribution in [0, 0.1) is 11.8 Å². The maximum Gasteiger partial charge on any atom is 0.115 e. The van der Waals surface area contributed by atoms with Crippen LogP contribution in [0.15, 0.2) is 48.5 Å². The molecule has 0 aliphatic rings. The Morgan fingerprint density at radius 2 is 1.53 bits per heavy atom. The molecule has 0 amide bonds. The second kappa shape index (κ2) is 6.63. The molecule has 96 valence electrons. The summed E-state index contributed by atoms with van der Waals surface area (Å²) in [6.45, 7) is 0.915. The van der Waals surface area contributed by atoms with E-state index in [4.69, 9.17) is 0 Å². The third-order valence-electron chi connectivity index (χ3n) is 2.82. The number of rotatable bonds is 3. The first-order chi connectivity index (χ1) is 9.29. The molecule has 0 saturated carbocycles. The van der Waals surface area contributed by atoms with Crippen molar-refractivity contribution < 1.29 is 5.11 Å². The fourth-order valence-corrected chi connectivity index (χ4v) is 1.75. The first-order valence-corrected chi connectivity index (χ1v) is 6.32. The van der Waals surface area contributed by atoms with Crippen molar-refractivity contribution in [1.82, 2.24) is 5.32 Å². The van der Waals surface area contributed by atoms with Crippen LogP contribution in [-0.2, 0) is 0 Å².